The van der Waals surface area contributed by atoms with Gasteiger partial charge in [-0.05, 0) is 25.0 Å². The zero-order valence-corrected chi connectivity index (χ0v) is 7.21. The lowest BCUT2D eigenvalue weighted by molar-refractivity contribution is 0.0963. The monoisotopic (exact) mass is 181 g/mol. The molecule has 0 spiro atoms. The van der Waals surface area contributed by atoms with E-state index in [-0.39, 0.29) is 11.7 Å². The molecule has 12 heavy (non-hydrogen) atoms. The fourth-order valence-corrected chi connectivity index (χ4v) is 1.19. The highest BCUT2D eigenvalue weighted by Gasteiger charge is 2.30. The Morgan fingerprint density at radius 3 is 2.75 bits per heavy atom. The fourth-order valence-electron chi connectivity index (χ4n) is 1.08. The Labute approximate surface area is 75.6 Å². The van der Waals surface area contributed by atoms with Crippen molar-refractivity contribution in [1.29, 1.82) is 0 Å². The molecular formula is C9H8ClNO. The molecule has 2 nitrogen and oxygen atoms in total. The van der Waals surface area contributed by atoms with Crippen LogP contribution >= 0.6 is 11.6 Å². The van der Waals surface area contributed by atoms with Crippen molar-refractivity contribution in [3.05, 3.63) is 29.0 Å². The van der Waals surface area contributed by atoms with Crippen LogP contribution in [-0.4, -0.2) is 10.8 Å². The summed E-state index contributed by atoms with van der Waals surface area (Å²) >= 11 is 5.64. The van der Waals surface area contributed by atoms with E-state index in [9.17, 15) is 4.79 Å². The third kappa shape index (κ3) is 1.48. The van der Waals surface area contributed by atoms with E-state index < -0.39 is 0 Å². The zero-order chi connectivity index (χ0) is 8.55. The van der Waals surface area contributed by atoms with Crippen LogP contribution in [0.2, 0.25) is 5.02 Å². The molecule has 0 saturated heterocycles. The molecule has 1 fully saturated rings. The van der Waals surface area contributed by atoms with Crippen molar-refractivity contribution in [3.8, 4) is 0 Å². The van der Waals surface area contributed by atoms with E-state index in [0.717, 1.165) is 12.8 Å². The van der Waals surface area contributed by atoms with Crippen molar-refractivity contribution in [2.75, 3.05) is 0 Å². The standard InChI is InChI=1S/C9H8ClNO/c10-7-3-4-8(11-5-7)9(12)6-1-2-6/h3-6H,1-2H2. The number of rotatable bonds is 2. The van der Waals surface area contributed by atoms with Gasteiger partial charge in [-0.2, -0.15) is 0 Å². The number of aromatic nitrogens is 1. The molecule has 1 aromatic heterocycles. The predicted molar refractivity (Wildman–Crippen MR) is 46.3 cm³/mol. The number of hydrogen-bond acceptors (Lipinski definition) is 2. The van der Waals surface area contributed by atoms with Crippen molar-refractivity contribution in [2.45, 2.75) is 12.8 Å². The summed E-state index contributed by atoms with van der Waals surface area (Å²) in [5.74, 6) is 0.394. The van der Waals surface area contributed by atoms with Crippen LogP contribution < -0.4 is 0 Å². The molecule has 0 bridgehead atoms. The Balaban J connectivity index is 2.22. The third-order valence-corrected chi connectivity index (χ3v) is 2.15. The van der Waals surface area contributed by atoms with Crippen LogP contribution in [0.15, 0.2) is 18.3 Å². The Morgan fingerprint density at radius 1 is 1.50 bits per heavy atom. The first kappa shape index (κ1) is 7.74. The van der Waals surface area contributed by atoms with Gasteiger partial charge in [0.15, 0.2) is 5.78 Å². The summed E-state index contributed by atoms with van der Waals surface area (Å²) < 4.78 is 0. The molecular weight excluding hydrogens is 174 g/mol. The van der Waals surface area contributed by atoms with Crippen LogP contribution in [0.1, 0.15) is 23.3 Å². The number of ketones is 1. The van der Waals surface area contributed by atoms with Gasteiger partial charge in [0.2, 0.25) is 0 Å². The van der Waals surface area contributed by atoms with E-state index in [4.69, 9.17) is 11.6 Å². The maximum absolute atomic E-state index is 11.4. The van der Waals surface area contributed by atoms with Gasteiger partial charge in [0.1, 0.15) is 5.69 Å². The van der Waals surface area contributed by atoms with Crippen LogP contribution in [0.5, 0.6) is 0 Å². The quantitative estimate of drug-likeness (QED) is 0.656. The number of hydrogen-bond donors (Lipinski definition) is 0. The van der Waals surface area contributed by atoms with Crippen molar-refractivity contribution >= 4 is 17.4 Å². The zero-order valence-electron chi connectivity index (χ0n) is 6.46. The lowest BCUT2D eigenvalue weighted by atomic mass is 10.2. The van der Waals surface area contributed by atoms with Crippen LogP contribution in [-0.2, 0) is 0 Å². The molecule has 0 unspecified atom stereocenters. The van der Waals surface area contributed by atoms with E-state index in [2.05, 4.69) is 4.98 Å². The molecule has 62 valence electrons. The predicted octanol–water partition coefficient (Wildman–Crippen LogP) is 2.33. The van der Waals surface area contributed by atoms with Crippen molar-refractivity contribution in [2.24, 2.45) is 5.92 Å². The number of Topliss-reactive ketones (excluding diaryl/α,β-unsaturated/α-hetero) is 1. The third-order valence-electron chi connectivity index (χ3n) is 1.93. The summed E-state index contributed by atoms with van der Waals surface area (Å²) in [6.45, 7) is 0. The molecule has 0 atom stereocenters. The average molecular weight is 182 g/mol. The van der Waals surface area contributed by atoms with Crippen LogP contribution in [0, 0.1) is 5.92 Å². The number of carbonyl (C=O) groups excluding carboxylic acids is 1. The van der Waals surface area contributed by atoms with E-state index >= 15 is 0 Å². The van der Waals surface area contributed by atoms with Crippen LogP contribution in [0.25, 0.3) is 0 Å². The topological polar surface area (TPSA) is 30.0 Å². The van der Waals surface area contributed by atoms with Crippen LogP contribution in [0.4, 0.5) is 0 Å². The minimum atomic E-state index is 0.159. The summed E-state index contributed by atoms with van der Waals surface area (Å²) in [4.78, 5) is 15.4. The number of nitrogens with zero attached hydrogens (tertiary/aromatic N) is 1. The Hall–Kier alpha value is -0.890. The normalized spacial score (nSPS) is 16.1. The summed E-state index contributed by atoms with van der Waals surface area (Å²) in [5.41, 5.74) is 0.543. The van der Waals surface area contributed by atoms with Gasteiger partial charge in [0.05, 0.1) is 5.02 Å². The van der Waals surface area contributed by atoms with Gasteiger partial charge in [-0.3, -0.25) is 9.78 Å². The highest BCUT2D eigenvalue weighted by atomic mass is 35.5. The SMILES string of the molecule is O=C(c1ccc(Cl)cn1)C1CC1. The van der Waals surface area contributed by atoms with E-state index in [0.29, 0.717) is 10.7 Å². The molecule has 1 aliphatic rings. The molecule has 1 heterocycles. The lowest BCUT2D eigenvalue weighted by Gasteiger charge is -1.96. The molecule has 1 aliphatic carbocycles. The van der Waals surface area contributed by atoms with Gasteiger partial charge in [0.25, 0.3) is 0 Å². The largest absolute Gasteiger partial charge is 0.292 e. The first-order valence-electron chi connectivity index (χ1n) is 3.93. The average Bonchev–Trinajstić information content (AvgIpc) is 2.87. The first-order valence-corrected chi connectivity index (χ1v) is 4.31. The highest BCUT2D eigenvalue weighted by molar-refractivity contribution is 6.30. The minimum Gasteiger partial charge on any atom is -0.292 e. The van der Waals surface area contributed by atoms with E-state index in [1.165, 1.54) is 6.20 Å². The lowest BCUT2D eigenvalue weighted by Crippen LogP contribution is -2.03. The highest BCUT2D eigenvalue weighted by Crippen LogP contribution is 2.32. The summed E-state index contributed by atoms with van der Waals surface area (Å²) in [7, 11) is 0. The molecule has 1 aromatic rings. The number of pyridine rings is 1. The molecule has 0 amide bonds. The Kier molecular flexibility index (Phi) is 1.85. The Morgan fingerprint density at radius 2 is 2.25 bits per heavy atom. The molecule has 1 saturated carbocycles. The second kappa shape index (κ2) is 2.87. The van der Waals surface area contributed by atoms with Crippen molar-refractivity contribution < 1.29 is 4.79 Å². The molecule has 0 radical (unpaired) electrons. The summed E-state index contributed by atoms with van der Waals surface area (Å²) in [5, 5.41) is 0.572. The maximum Gasteiger partial charge on any atom is 0.184 e. The van der Waals surface area contributed by atoms with Crippen LogP contribution in [0.3, 0.4) is 0 Å². The summed E-state index contributed by atoms with van der Waals surface area (Å²) in [6, 6.07) is 3.38. The van der Waals surface area contributed by atoms with Gasteiger partial charge < -0.3 is 0 Å². The molecule has 3 heteroatoms. The van der Waals surface area contributed by atoms with Crippen molar-refractivity contribution in [3.63, 3.8) is 0 Å². The van der Waals surface area contributed by atoms with Gasteiger partial charge in [0, 0.05) is 12.1 Å². The molecule has 0 N–H and O–H groups in total. The second-order valence-electron chi connectivity index (χ2n) is 3.00. The smallest absolute Gasteiger partial charge is 0.184 e. The first-order chi connectivity index (χ1) is 5.77. The van der Waals surface area contributed by atoms with Gasteiger partial charge >= 0.3 is 0 Å². The van der Waals surface area contributed by atoms with Gasteiger partial charge in [-0.15, -0.1) is 0 Å². The maximum atomic E-state index is 11.4. The Bertz CT molecular complexity index is 303. The van der Waals surface area contributed by atoms with Crippen molar-refractivity contribution in [1.82, 2.24) is 4.98 Å². The number of carbonyl (C=O) groups is 1. The fraction of sp³-hybridized carbons (Fsp3) is 0.333. The number of halogens is 1. The summed E-state index contributed by atoms with van der Waals surface area (Å²) in [6.07, 6.45) is 3.55. The second-order valence-corrected chi connectivity index (χ2v) is 3.44. The van der Waals surface area contributed by atoms with E-state index in [1.54, 1.807) is 12.1 Å². The minimum absolute atomic E-state index is 0.159. The molecule has 2 rings (SSSR count). The van der Waals surface area contributed by atoms with E-state index in [1.807, 2.05) is 0 Å². The molecule has 0 aliphatic heterocycles. The van der Waals surface area contributed by atoms with Gasteiger partial charge in [-0.25, -0.2) is 0 Å². The molecule has 0 aromatic carbocycles. The van der Waals surface area contributed by atoms with Gasteiger partial charge in [-0.1, -0.05) is 11.6 Å².